The number of carbonyl (C=O) groups excluding carboxylic acids is 1. The number of fused-ring (bicyclic) bond motifs is 1. The largest absolute Gasteiger partial charge is 0.394 e. The number of halogens is 1. The van der Waals surface area contributed by atoms with Gasteiger partial charge in [-0.1, -0.05) is 6.07 Å². The van der Waals surface area contributed by atoms with Crippen LogP contribution >= 0.6 is 0 Å². The van der Waals surface area contributed by atoms with Crippen LogP contribution in [0.5, 0.6) is 0 Å². The van der Waals surface area contributed by atoms with Crippen molar-refractivity contribution >= 4 is 11.6 Å². The number of nitrogens with zero attached hydrogens (tertiary/aromatic N) is 2. The standard InChI is InChI=1S/C17H24FN3O3/c18-14-2-1-3-15(10-14)19-16(23)4-5-20-6-7-21-8-9-24-13-17(21,11-20)12-22/h1-3,10,22H,4-9,11-13H2,(H,19,23). The van der Waals surface area contributed by atoms with Gasteiger partial charge in [0.2, 0.25) is 5.91 Å². The van der Waals surface area contributed by atoms with Crippen LogP contribution in [0.25, 0.3) is 0 Å². The van der Waals surface area contributed by atoms with Crippen molar-refractivity contribution < 1.29 is 19.0 Å². The third kappa shape index (κ3) is 3.92. The second-order valence-electron chi connectivity index (χ2n) is 6.51. The molecule has 1 unspecified atom stereocenters. The summed E-state index contributed by atoms with van der Waals surface area (Å²) in [6.07, 6.45) is 0.332. The summed E-state index contributed by atoms with van der Waals surface area (Å²) in [5.41, 5.74) is 0.118. The number of morpholine rings is 1. The molecule has 0 aromatic heterocycles. The highest BCUT2D eigenvalue weighted by molar-refractivity contribution is 5.90. The number of ether oxygens (including phenoxy) is 1. The minimum Gasteiger partial charge on any atom is -0.394 e. The van der Waals surface area contributed by atoms with Crippen LogP contribution in [0.1, 0.15) is 6.42 Å². The Labute approximate surface area is 141 Å². The quantitative estimate of drug-likeness (QED) is 0.821. The van der Waals surface area contributed by atoms with Crippen LogP contribution in [0, 0.1) is 5.82 Å². The van der Waals surface area contributed by atoms with E-state index < -0.39 is 0 Å². The van der Waals surface area contributed by atoms with Gasteiger partial charge in [-0.25, -0.2) is 4.39 Å². The van der Waals surface area contributed by atoms with Gasteiger partial charge in [-0.2, -0.15) is 0 Å². The van der Waals surface area contributed by atoms with E-state index in [-0.39, 0.29) is 23.9 Å². The molecule has 0 saturated carbocycles. The molecule has 0 aliphatic carbocycles. The van der Waals surface area contributed by atoms with Crippen LogP contribution in [-0.2, 0) is 9.53 Å². The van der Waals surface area contributed by atoms with E-state index in [4.69, 9.17) is 4.74 Å². The minimum atomic E-state index is -0.369. The number of benzene rings is 1. The molecule has 7 heteroatoms. The van der Waals surface area contributed by atoms with E-state index in [1.165, 1.54) is 12.1 Å². The lowest BCUT2D eigenvalue weighted by Crippen LogP contribution is -2.69. The highest BCUT2D eigenvalue weighted by Gasteiger charge is 2.43. The molecule has 1 amide bonds. The molecule has 132 valence electrons. The van der Waals surface area contributed by atoms with Gasteiger partial charge >= 0.3 is 0 Å². The molecule has 0 spiro atoms. The van der Waals surface area contributed by atoms with Crippen LogP contribution in [0.15, 0.2) is 24.3 Å². The number of hydrogen-bond donors (Lipinski definition) is 2. The number of amides is 1. The minimum absolute atomic E-state index is 0.0546. The number of rotatable bonds is 5. The van der Waals surface area contributed by atoms with Gasteiger partial charge in [-0.05, 0) is 18.2 Å². The van der Waals surface area contributed by atoms with Crippen LogP contribution in [0.3, 0.4) is 0 Å². The maximum absolute atomic E-state index is 13.1. The van der Waals surface area contributed by atoms with E-state index in [9.17, 15) is 14.3 Å². The molecule has 2 saturated heterocycles. The van der Waals surface area contributed by atoms with Gasteiger partial charge in [-0.3, -0.25) is 14.6 Å². The topological polar surface area (TPSA) is 65.0 Å². The molecule has 6 nitrogen and oxygen atoms in total. The lowest BCUT2D eigenvalue weighted by molar-refractivity contribution is -0.128. The first-order chi connectivity index (χ1) is 11.6. The summed E-state index contributed by atoms with van der Waals surface area (Å²) in [4.78, 5) is 16.5. The molecule has 1 atom stereocenters. The normalized spacial score (nSPS) is 25.2. The highest BCUT2D eigenvalue weighted by atomic mass is 19.1. The fourth-order valence-electron chi connectivity index (χ4n) is 3.45. The first-order valence-electron chi connectivity index (χ1n) is 8.33. The summed E-state index contributed by atoms with van der Waals surface area (Å²) in [6.45, 7) is 5.17. The van der Waals surface area contributed by atoms with Crippen molar-refractivity contribution in [1.29, 1.82) is 0 Å². The fourth-order valence-corrected chi connectivity index (χ4v) is 3.45. The molecule has 2 heterocycles. The number of aliphatic hydroxyl groups excluding tert-OH is 1. The van der Waals surface area contributed by atoms with E-state index in [0.29, 0.717) is 38.4 Å². The summed E-state index contributed by atoms with van der Waals surface area (Å²) >= 11 is 0. The Hall–Kier alpha value is -1.54. The van der Waals surface area contributed by atoms with E-state index in [1.54, 1.807) is 12.1 Å². The van der Waals surface area contributed by atoms with Gasteiger partial charge in [0.15, 0.2) is 0 Å². The molecule has 3 rings (SSSR count). The fraction of sp³-hybridized carbons (Fsp3) is 0.588. The first kappa shape index (κ1) is 17.3. The van der Waals surface area contributed by atoms with Crippen molar-refractivity contribution in [3.8, 4) is 0 Å². The number of hydrogen-bond acceptors (Lipinski definition) is 5. The Bertz CT molecular complexity index is 586. The summed E-state index contributed by atoms with van der Waals surface area (Å²) in [7, 11) is 0. The SMILES string of the molecule is O=C(CCN1CCN2CCOCC2(CO)C1)Nc1cccc(F)c1. The van der Waals surface area contributed by atoms with Crippen molar-refractivity contribution in [3.63, 3.8) is 0 Å². The summed E-state index contributed by atoms with van der Waals surface area (Å²) in [6, 6.07) is 5.88. The average molecular weight is 337 g/mol. The molecular weight excluding hydrogens is 313 g/mol. The van der Waals surface area contributed by atoms with Gasteiger partial charge < -0.3 is 15.2 Å². The lowest BCUT2D eigenvalue weighted by Gasteiger charge is -2.52. The Morgan fingerprint density at radius 3 is 3.04 bits per heavy atom. The number of aliphatic hydroxyl groups is 1. The van der Waals surface area contributed by atoms with Crippen molar-refractivity contribution in [3.05, 3.63) is 30.1 Å². The van der Waals surface area contributed by atoms with E-state index >= 15 is 0 Å². The summed E-state index contributed by atoms with van der Waals surface area (Å²) < 4.78 is 18.7. The molecule has 1 aromatic rings. The van der Waals surface area contributed by atoms with Crippen molar-refractivity contribution in [2.75, 3.05) is 57.9 Å². The van der Waals surface area contributed by atoms with E-state index in [2.05, 4.69) is 15.1 Å². The van der Waals surface area contributed by atoms with Crippen LogP contribution in [0.4, 0.5) is 10.1 Å². The van der Waals surface area contributed by atoms with Gasteiger partial charge in [0.25, 0.3) is 0 Å². The van der Waals surface area contributed by atoms with E-state index in [1.807, 2.05) is 0 Å². The predicted octanol–water partition coefficient (Wildman–Crippen LogP) is 0.533. The molecule has 2 N–H and O–H groups in total. The molecule has 0 bridgehead atoms. The zero-order valence-corrected chi connectivity index (χ0v) is 13.7. The molecule has 2 aliphatic rings. The Morgan fingerprint density at radius 2 is 2.25 bits per heavy atom. The van der Waals surface area contributed by atoms with Gasteiger partial charge in [0.1, 0.15) is 5.82 Å². The number of piperazine rings is 1. The number of carbonyl (C=O) groups is 1. The monoisotopic (exact) mass is 337 g/mol. The molecule has 2 fully saturated rings. The molecule has 24 heavy (non-hydrogen) atoms. The predicted molar refractivity (Wildman–Crippen MR) is 88.3 cm³/mol. The maximum atomic E-state index is 13.1. The van der Waals surface area contributed by atoms with Crippen molar-refractivity contribution in [1.82, 2.24) is 9.80 Å². The third-order valence-electron chi connectivity index (χ3n) is 4.81. The number of anilines is 1. The van der Waals surface area contributed by atoms with E-state index in [0.717, 1.165) is 19.6 Å². The third-order valence-corrected chi connectivity index (χ3v) is 4.81. The smallest absolute Gasteiger partial charge is 0.225 e. The van der Waals surface area contributed by atoms with Crippen molar-refractivity contribution in [2.45, 2.75) is 12.0 Å². The second-order valence-corrected chi connectivity index (χ2v) is 6.51. The van der Waals surface area contributed by atoms with Gasteiger partial charge in [-0.15, -0.1) is 0 Å². The zero-order chi connectivity index (χ0) is 17.0. The van der Waals surface area contributed by atoms with Gasteiger partial charge in [0.05, 0.1) is 25.4 Å². The van der Waals surface area contributed by atoms with Gasteiger partial charge in [0, 0.05) is 44.8 Å². The Balaban J connectivity index is 1.50. The average Bonchev–Trinajstić information content (AvgIpc) is 2.59. The van der Waals surface area contributed by atoms with Crippen LogP contribution in [0.2, 0.25) is 0 Å². The molecule has 1 aromatic carbocycles. The Kier molecular flexibility index (Phi) is 5.45. The zero-order valence-electron chi connectivity index (χ0n) is 13.7. The maximum Gasteiger partial charge on any atom is 0.225 e. The first-order valence-corrected chi connectivity index (χ1v) is 8.33. The lowest BCUT2D eigenvalue weighted by atomic mass is 9.94. The second kappa shape index (κ2) is 7.57. The number of nitrogens with one attached hydrogen (secondary N) is 1. The molecule has 2 aliphatic heterocycles. The molecular formula is C17H24FN3O3. The summed E-state index contributed by atoms with van der Waals surface area (Å²) in [5.74, 6) is -0.507. The highest BCUT2D eigenvalue weighted by Crippen LogP contribution is 2.25. The Morgan fingerprint density at radius 1 is 1.38 bits per heavy atom. The molecule has 0 radical (unpaired) electrons. The van der Waals surface area contributed by atoms with Crippen LogP contribution in [-0.4, -0.2) is 78.9 Å². The van der Waals surface area contributed by atoms with Crippen molar-refractivity contribution in [2.24, 2.45) is 0 Å². The summed E-state index contributed by atoms with van der Waals surface area (Å²) in [5, 5.41) is 12.5. The van der Waals surface area contributed by atoms with Crippen LogP contribution < -0.4 is 5.32 Å².